The van der Waals surface area contributed by atoms with Crippen molar-refractivity contribution >= 4 is 27.4 Å². The molecular weight excluding hydrogens is 298 g/mol. The maximum Gasteiger partial charge on any atom is 0.244 e. The third kappa shape index (κ3) is 3.22. The van der Waals surface area contributed by atoms with E-state index in [1.54, 1.807) is 18.2 Å². The first kappa shape index (κ1) is 15.5. The van der Waals surface area contributed by atoms with Crippen molar-refractivity contribution in [2.75, 3.05) is 6.54 Å². The van der Waals surface area contributed by atoms with Gasteiger partial charge in [0.25, 0.3) is 0 Å². The molecule has 1 atom stereocenters. The summed E-state index contributed by atoms with van der Waals surface area (Å²) in [7, 11) is -3.64. The van der Waals surface area contributed by atoms with Crippen LogP contribution in [0.3, 0.4) is 0 Å². The monoisotopic (exact) mass is 315 g/mol. The minimum absolute atomic E-state index is 0.0104. The number of carbonyl (C=O) groups is 1. The van der Waals surface area contributed by atoms with Gasteiger partial charge in [-0.15, -0.1) is 0 Å². The summed E-state index contributed by atoms with van der Waals surface area (Å²) in [6, 6.07) is 6.19. The minimum atomic E-state index is -3.64. The van der Waals surface area contributed by atoms with Crippen molar-refractivity contribution in [3.8, 4) is 0 Å². The van der Waals surface area contributed by atoms with Gasteiger partial charge in [-0.1, -0.05) is 30.2 Å². The van der Waals surface area contributed by atoms with Crippen LogP contribution < -0.4 is 0 Å². The standard InChI is InChI=1S/C14H18ClNO3S/c1-11(17)10-12-6-4-5-9-16(12)20(18,19)14-8-3-2-7-13(14)15/h2-3,7-8,12H,4-6,9-10H2,1H3. The second-order valence-corrected chi connectivity index (χ2v) is 7.37. The molecule has 1 aliphatic rings. The van der Waals surface area contributed by atoms with Gasteiger partial charge in [-0.25, -0.2) is 8.42 Å². The highest BCUT2D eigenvalue weighted by molar-refractivity contribution is 7.89. The molecule has 0 bridgehead atoms. The van der Waals surface area contributed by atoms with Crippen LogP contribution in [-0.4, -0.2) is 31.1 Å². The Morgan fingerprint density at radius 2 is 2.05 bits per heavy atom. The summed E-state index contributed by atoms with van der Waals surface area (Å²) in [6.07, 6.45) is 2.76. The Morgan fingerprint density at radius 3 is 2.70 bits per heavy atom. The van der Waals surface area contributed by atoms with E-state index in [-0.39, 0.29) is 28.2 Å². The normalized spacial score (nSPS) is 20.8. The van der Waals surface area contributed by atoms with E-state index >= 15 is 0 Å². The highest BCUT2D eigenvalue weighted by atomic mass is 35.5. The fourth-order valence-electron chi connectivity index (χ4n) is 2.61. The maximum absolute atomic E-state index is 12.7. The number of ketones is 1. The molecule has 0 aliphatic carbocycles. The second-order valence-electron chi connectivity index (χ2n) is 5.10. The number of benzene rings is 1. The van der Waals surface area contributed by atoms with Crippen LogP contribution in [0.2, 0.25) is 5.02 Å². The number of piperidine rings is 1. The van der Waals surface area contributed by atoms with Gasteiger partial charge in [-0.3, -0.25) is 4.79 Å². The Kier molecular flexibility index (Phi) is 4.83. The number of Topliss-reactive ketones (excluding diaryl/α,β-unsaturated/α-hetero) is 1. The van der Waals surface area contributed by atoms with Crippen molar-refractivity contribution in [3.63, 3.8) is 0 Å². The molecular formula is C14H18ClNO3S. The third-order valence-corrected chi connectivity index (χ3v) is 5.97. The molecule has 0 N–H and O–H groups in total. The van der Waals surface area contributed by atoms with Gasteiger partial charge in [-0.05, 0) is 31.9 Å². The molecule has 0 amide bonds. The summed E-state index contributed by atoms with van der Waals surface area (Å²) in [5.41, 5.74) is 0. The van der Waals surface area contributed by atoms with Crippen LogP contribution in [0.1, 0.15) is 32.6 Å². The lowest BCUT2D eigenvalue weighted by Gasteiger charge is -2.34. The number of sulfonamides is 1. The molecule has 20 heavy (non-hydrogen) atoms. The number of halogens is 1. The molecule has 6 heteroatoms. The molecule has 1 aromatic rings. The van der Waals surface area contributed by atoms with Gasteiger partial charge in [0, 0.05) is 19.0 Å². The molecule has 1 fully saturated rings. The molecule has 4 nitrogen and oxygen atoms in total. The van der Waals surface area contributed by atoms with Gasteiger partial charge < -0.3 is 0 Å². The van der Waals surface area contributed by atoms with Crippen molar-refractivity contribution in [1.29, 1.82) is 0 Å². The molecule has 1 aromatic carbocycles. The smallest absolute Gasteiger partial charge is 0.244 e. The first-order valence-corrected chi connectivity index (χ1v) is 8.50. The quantitative estimate of drug-likeness (QED) is 0.858. The fourth-order valence-corrected chi connectivity index (χ4v) is 4.79. The van der Waals surface area contributed by atoms with E-state index in [4.69, 9.17) is 11.6 Å². The fraction of sp³-hybridized carbons (Fsp3) is 0.500. The van der Waals surface area contributed by atoms with E-state index < -0.39 is 10.0 Å². The van der Waals surface area contributed by atoms with Gasteiger partial charge in [-0.2, -0.15) is 4.31 Å². The molecule has 110 valence electrons. The average Bonchev–Trinajstić information content (AvgIpc) is 2.38. The van der Waals surface area contributed by atoms with Crippen molar-refractivity contribution in [1.82, 2.24) is 4.31 Å². The lowest BCUT2D eigenvalue weighted by Crippen LogP contribution is -2.44. The molecule has 1 aliphatic heterocycles. The molecule has 1 saturated heterocycles. The van der Waals surface area contributed by atoms with E-state index in [9.17, 15) is 13.2 Å². The van der Waals surface area contributed by atoms with E-state index in [1.807, 2.05) is 0 Å². The van der Waals surface area contributed by atoms with Crippen LogP contribution in [0.15, 0.2) is 29.2 Å². The minimum Gasteiger partial charge on any atom is -0.300 e. The van der Waals surface area contributed by atoms with E-state index in [2.05, 4.69) is 0 Å². The molecule has 0 aromatic heterocycles. The van der Waals surface area contributed by atoms with Crippen LogP contribution in [0, 0.1) is 0 Å². The van der Waals surface area contributed by atoms with Gasteiger partial charge in [0.15, 0.2) is 0 Å². The predicted molar refractivity (Wildman–Crippen MR) is 78.3 cm³/mol. The van der Waals surface area contributed by atoms with Crippen molar-refractivity contribution in [3.05, 3.63) is 29.3 Å². The summed E-state index contributed by atoms with van der Waals surface area (Å²) >= 11 is 6.01. The largest absolute Gasteiger partial charge is 0.300 e. The van der Waals surface area contributed by atoms with Gasteiger partial charge in [0.05, 0.1) is 5.02 Å². The third-order valence-electron chi connectivity index (χ3n) is 3.52. The zero-order valence-electron chi connectivity index (χ0n) is 11.4. The molecule has 0 saturated carbocycles. The Balaban J connectivity index is 2.36. The van der Waals surface area contributed by atoms with Gasteiger partial charge >= 0.3 is 0 Å². The van der Waals surface area contributed by atoms with Crippen molar-refractivity contribution in [2.24, 2.45) is 0 Å². The topological polar surface area (TPSA) is 54.5 Å². The number of rotatable bonds is 4. The number of hydrogen-bond acceptors (Lipinski definition) is 3. The molecule has 0 spiro atoms. The maximum atomic E-state index is 12.7. The van der Waals surface area contributed by atoms with Crippen LogP contribution >= 0.6 is 11.6 Å². The summed E-state index contributed by atoms with van der Waals surface area (Å²) in [4.78, 5) is 11.5. The Hall–Kier alpha value is -0.910. The summed E-state index contributed by atoms with van der Waals surface area (Å²) in [5.74, 6) is 0.0104. The van der Waals surface area contributed by atoms with E-state index in [1.165, 1.54) is 17.3 Å². The SMILES string of the molecule is CC(=O)CC1CCCCN1S(=O)(=O)c1ccccc1Cl. The van der Waals surface area contributed by atoms with Gasteiger partial charge in [0.1, 0.15) is 10.7 Å². The molecule has 0 radical (unpaired) electrons. The lowest BCUT2D eigenvalue weighted by molar-refractivity contribution is -0.118. The van der Waals surface area contributed by atoms with Gasteiger partial charge in [0.2, 0.25) is 10.0 Å². The molecule has 2 rings (SSSR count). The highest BCUT2D eigenvalue weighted by Gasteiger charge is 2.34. The predicted octanol–water partition coefficient (Wildman–Crippen LogP) is 2.86. The summed E-state index contributed by atoms with van der Waals surface area (Å²) in [6.45, 7) is 1.94. The number of hydrogen-bond donors (Lipinski definition) is 0. The second kappa shape index (κ2) is 6.24. The first-order chi connectivity index (χ1) is 9.43. The van der Waals surface area contributed by atoms with E-state index in [0.717, 1.165) is 19.3 Å². The average molecular weight is 316 g/mol. The van der Waals surface area contributed by atoms with Crippen LogP contribution in [0.25, 0.3) is 0 Å². The van der Waals surface area contributed by atoms with E-state index in [0.29, 0.717) is 6.54 Å². The van der Waals surface area contributed by atoms with Crippen LogP contribution in [-0.2, 0) is 14.8 Å². The number of nitrogens with zero attached hydrogens (tertiary/aromatic N) is 1. The van der Waals surface area contributed by atoms with Crippen LogP contribution in [0.4, 0.5) is 0 Å². The number of carbonyl (C=O) groups excluding carboxylic acids is 1. The lowest BCUT2D eigenvalue weighted by atomic mass is 10.0. The summed E-state index contributed by atoms with van der Waals surface area (Å²) in [5, 5.41) is 0.222. The Morgan fingerprint density at radius 1 is 1.35 bits per heavy atom. The Bertz CT molecular complexity index is 600. The zero-order chi connectivity index (χ0) is 14.8. The molecule has 1 unspecified atom stereocenters. The molecule has 1 heterocycles. The Labute approximate surface area is 124 Å². The van der Waals surface area contributed by atoms with Crippen LogP contribution in [0.5, 0.6) is 0 Å². The highest BCUT2D eigenvalue weighted by Crippen LogP contribution is 2.30. The van der Waals surface area contributed by atoms with Crippen molar-refractivity contribution < 1.29 is 13.2 Å². The zero-order valence-corrected chi connectivity index (χ0v) is 13.0. The first-order valence-electron chi connectivity index (χ1n) is 6.68. The van der Waals surface area contributed by atoms with Crippen molar-refractivity contribution in [2.45, 2.75) is 43.5 Å². The summed E-state index contributed by atoms with van der Waals surface area (Å²) < 4.78 is 26.9.